The molecule has 4 rings (SSSR count). The van der Waals surface area contributed by atoms with E-state index in [0.29, 0.717) is 10.6 Å². The van der Waals surface area contributed by atoms with E-state index in [1.807, 2.05) is 30.3 Å². The van der Waals surface area contributed by atoms with Gasteiger partial charge in [-0.3, -0.25) is 9.80 Å². The second-order valence-corrected chi connectivity index (χ2v) is 8.60. The molecule has 0 amide bonds. The number of hydrogen-bond donors (Lipinski definition) is 1. The third kappa shape index (κ3) is 4.37. The molecule has 5 nitrogen and oxygen atoms in total. The van der Waals surface area contributed by atoms with E-state index in [9.17, 15) is 9.50 Å². The zero-order valence-corrected chi connectivity index (χ0v) is 17.8. The maximum Gasteiger partial charge on any atom is 0.124 e. The van der Waals surface area contributed by atoms with Crippen molar-refractivity contribution in [2.75, 3.05) is 32.8 Å². The van der Waals surface area contributed by atoms with E-state index >= 15 is 0 Å². The molecule has 2 heterocycles. The summed E-state index contributed by atoms with van der Waals surface area (Å²) in [7, 11) is 0. The molecule has 1 aromatic heterocycles. The number of aromatic nitrogens is 2. The molecule has 1 saturated heterocycles. The van der Waals surface area contributed by atoms with Crippen molar-refractivity contribution in [2.45, 2.75) is 17.1 Å². The monoisotopic (exact) mass is 494 g/mol. The first-order valence-corrected chi connectivity index (χ1v) is 10.8. The quantitative estimate of drug-likeness (QED) is 0.325. The summed E-state index contributed by atoms with van der Waals surface area (Å²) in [6, 6.07) is 14.9. The molecule has 0 aliphatic carbocycles. The number of aliphatic hydroxyl groups is 1. The zero-order chi connectivity index (χ0) is 19.5. The Labute approximate surface area is 177 Å². The van der Waals surface area contributed by atoms with Gasteiger partial charge in [0.05, 0.1) is 28.2 Å². The first-order chi connectivity index (χ1) is 13.6. The lowest BCUT2D eigenvalue weighted by molar-refractivity contribution is 0.0985. The van der Waals surface area contributed by atoms with Crippen molar-refractivity contribution in [1.82, 2.24) is 19.4 Å². The van der Waals surface area contributed by atoms with E-state index in [1.165, 1.54) is 12.1 Å². The number of nitrogens with zero attached hydrogens (tertiary/aromatic N) is 4. The summed E-state index contributed by atoms with van der Waals surface area (Å²) in [5.41, 5.74) is 3.15. The van der Waals surface area contributed by atoms with E-state index in [2.05, 4.69) is 43.0 Å². The summed E-state index contributed by atoms with van der Waals surface area (Å²) < 4.78 is 15.9. The highest BCUT2D eigenvalue weighted by molar-refractivity contribution is 14.1. The molecule has 1 aliphatic rings. The number of β-amino-alcohol motifs (C(OH)–C–C–N with tert-alkyl or cyclic N) is 1. The van der Waals surface area contributed by atoms with Gasteiger partial charge in [-0.25, -0.2) is 9.37 Å². The standard InChI is InChI=1S/C21H24FIN4O/c22-17-7-5-16(6-8-17)13-27-19-4-2-1-3-18(19)24-21(27)15-26-10-9-25(11-12-28)14-20(26)23/h1-8,20,28H,9-15H2. The van der Waals surface area contributed by atoms with Crippen LogP contribution in [0, 0.1) is 5.82 Å². The average Bonchev–Trinajstić information content (AvgIpc) is 3.03. The van der Waals surface area contributed by atoms with Crippen LogP contribution in [0.25, 0.3) is 11.0 Å². The zero-order valence-electron chi connectivity index (χ0n) is 15.6. The van der Waals surface area contributed by atoms with Crippen molar-refractivity contribution in [3.8, 4) is 0 Å². The van der Waals surface area contributed by atoms with Crippen LogP contribution in [0.3, 0.4) is 0 Å². The number of rotatable bonds is 6. The van der Waals surface area contributed by atoms with Gasteiger partial charge < -0.3 is 9.67 Å². The second kappa shape index (κ2) is 8.86. The number of benzene rings is 2. The van der Waals surface area contributed by atoms with Crippen LogP contribution in [0.5, 0.6) is 0 Å². The number of aliphatic hydroxyl groups excluding tert-OH is 1. The van der Waals surface area contributed by atoms with Gasteiger partial charge in [-0.1, -0.05) is 46.9 Å². The highest BCUT2D eigenvalue weighted by Crippen LogP contribution is 2.23. The minimum absolute atomic E-state index is 0.205. The highest BCUT2D eigenvalue weighted by Gasteiger charge is 2.26. The number of fused-ring (bicyclic) bond motifs is 1. The molecule has 7 heteroatoms. The molecule has 0 radical (unpaired) electrons. The first kappa shape index (κ1) is 19.8. The average molecular weight is 494 g/mol. The number of alkyl halides is 1. The van der Waals surface area contributed by atoms with Gasteiger partial charge in [-0.15, -0.1) is 0 Å². The number of hydrogen-bond acceptors (Lipinski definition) is 4. The SMILES string of the molecule is OCCN1CCN(Cc2nc3ccccc3n2Cc2ccc(F)cc2)C(I)C1. The normalized spacial score (nSPS) is 18.8. The summed E-state index contributed by atoms with van der Waals surface area (Å²) >= 11 is 2.48. The van der Waals surface area contributed by atoms with Gasteiger partial charge in [0.1, 0.15) is 11.6 Å². The Bertz CT molecular complexity index is 930. The first-order valence-electron chi connectivity index (χ1n) is 9.54. The van der Waals surface area contributed by atoms with Crippen LogP contribution < -0.4 is 0 Å². The lowest BCUT2D eigenvalue weighted by Gasteiger charge is -2.38. The topological polar surface area (TPSA) is 44.5 Å². The minimum atomic E-state index is -0.215. The van der Waals surface area contributed by atoms with Gasteiger partial charge in [0.15, 0.2) is 0 Å². The molecular weight excluding hydrogens is 470 g/mol. The third-order valence-corrected chi connectivity index (χ3v) is 6.44. The number of imidazole rings is 1. The van der Waals surface area contributed by atoms with Gasteiger partial charge in [0.25, 0.3) is 0 Å². The lowest BCUT2D eigenvalue weighted by Crippen LogP contribution is -2.50. The van der Waals surface area contributed by atoms with Gasteiger partial charge in [0, 0.05) is 32.7 Å². The smallest absolute Gasteiger partial charge is 0.124 e. The Morgan fingerprint density at radius 1 is 1.07 bits per heavy atom. The van der Waals surface area contributed by atoms with Crippen molar-refractivity contribution in [2.24, 2.45) is 0 Å². The molecule has 1 aliphatic heterocycles. The molecule has 1 atom stereocenters. The summed E-state index contributed by atoms with van der Waals surface area (Å²) in [6.45, 7) is 5.24. The Morgan fingerprint density at radius 2 is 1.86 bits per heavy atom. The number of halogens is 2. The summed E-state index contributed by atoms with van der Waals surface area (Å²) in [5.74, 6) is 0.816. The molecule has 28 heavy (non-hydrogen) atoms. The predicted molar refractivity (Wildman–Crippen MR) is 117 cm³/mol. The Morgan fingerprint density at radius 3 is 2.61 bits per heavy atom. The van der Waals surface area contributed by atoms with E-state index in [4.69, 9.17) is 4.98 Å². The molecule has 0 spiro atoms. The number of para-hydroxylation sites is 2. The summed E-state index contributed by atoms with van der Waals surface area (Å²) in [4.78, 5) is 9.64. The molecule has 1 N–H and O–H groups in total. The summed E-state index contributed by atoms with van der Waals surface area (Å²) in [5, 5.41) is 9.19. The van der Waals surface area contributed by atoms with Crippen LogP contribution in [0.2, 0.25) is 0 Å². The van der Waals surface area contributed by atoms with Crippen molar-refractivity contribution >= 4 is 33.6 Å². The Kier molecular flexibility index (Phi) is 6.25. The fourth-order valence-corrected chi connectivity index (χ4v) is 4.76. The van der Waals surface area contributed by atoms with Crippen LogP contribution in [-0.2, 0) is 13.1 Å². The fraction of sp³-hybridized carbons (Fsp3) is 0.381. The molecule has 2 aromatic carbocycles. The summed E-state index contributed by atoms with van der Waals surface area (Å²) in [6.07, 6.45) is 0. The Balaban J connectivity index is 1.59. The van der Waals surface area contributed by atoms with Crippen LogP contribution in [0.4, 0.5) is 4.39 Å². The van der Waals surface area contributed by atoms with Crippen LogP contribution in [0.15, 0.2) is 48.5 Å². The van der Waals surface area contributed by atoms with E-state index in [0.717, 1.165) is 55.1 Å². The number of piperazine rings is 1. The molecule has 1 unspecified atom stereocenters. The molecular formula is C21H24FIN4O. The van der Waals surface area contributed by atoms with Gasteiger partial charge in [-0.2, -0.15) is 0 Å². The minimum Gasteiger partial charge on any atom is -0.395 e. The maximum absolute atomic E-state index is 13.3. The van der Waals surface area contributed by atoms with E-state index in [-0.39, 0.29) is 12.4 Å². The molecule has 1 fully saturated rings. The van der Waals surface area contributed by atoms with Gasteiger partial charge >= 0.3 is 0 Å². The fourth-order valence-electron chi connectivity index (χ4n) is 3.73. The third-order valence-electron chi connectivity index (χ3n) is 5.26. The molecule has 0 saturated carbocycles. The molecule has 148 valence electrons. The van der Waals surface area contributed by atoms with Gasteiger partial charge in [0.2, 0.25) is 0 Å². The molecule has 3 aromatic rings. The maximum atomic E-state index is 13.3. The predicted octanol–water partition coefficient (Wildman–Crippen LogP) is 3.09. The van der Waals surface area contributed by atoms with Crippen LogP contribution >= 0.6 is 22.6 Å². The Hall–Kier alpha value is -1.55. The van der Waals surface area contributed by atoms with Crippen LogP contribution in [-0.4, -0.2) is 61.3 Å². The second-order valence-electron chi connectivity index (χ2n) is 7.16. The van der Waals surface area contributed by atoms with Crippen molar-refractivity contribution < 1.29 is 9.50 Å². The highest BCUT2D eigenvalue weighted by atomic mass is 127. The lowest BCUT2D eigenvalue weighted by atomic mass is 10.2. The van der Waals surface area contributed by atoms with E-state index < -0.39 is 0 Å². The van der Waals surface area contributed by atoms with Crippen molar-refractivity contribution in [3.05, 3.63) is 65.7 Å². The van der Waals surface area contributed by atoms with E-state index in [1.54, 1.807) is 0 Å². The van der Waals surface area contributed by atoms with Crippen molar-refractivity contribution in [1.29, 1.82) is 0 Å². The van der Waals surface area contributed by atoms with Crippen LogP contribution in [0.1, 0.15) is 11.4 Å². The van der Waals surface area contributed by atoms with Gasteiger partial charge in [-0.05, 0) is 29.8 Å². The molecule has 0 bridgehead atoms. The largest absolute Gasteiger partial charge is 0.395 e. The van der Waals surface area contributed by atoms with Crippen molar-refractivity contribution in [3.63, 3.8) is 0 Å².